The lowest BCUT2D eigenvalue weighted by atomic mass is 10.0. The Morgan fingerprint density at radius 1 is 0.786 bits per heavy atom. The molecule has 2 rings (SSSR count). The molecule has 0 bridgehead atoms. The van der Waals surface area contributed by atoms with Crippen LogP contribution in [0.5, 0.6) is 11.5 Å². The van der Waals surface area contributed by atoms with Crippen LogP contribution in [0.3, 0.4) is 0 Å². The molecule has 0 aliphatic carbocycles. The van der Waals surface area contributed by atoms with Crippen molar-refractivity contribution in [2.45, 2.75) is 79.1 Å². The van der Waals surface area contributed by atoms with E-state index in [2.05, 4.69) is 13.8 Å². The molecule has 4 nitrogen and oxygen atoms in total. The summed E-state index contributed by atoms with van der Waals surface area (Å²) in [6.07, 6.45) is 6.64. The van der Waals surface area contributed by atoms with Crippen LogP contribution in [0.15, 0.2) is 24.3 Å². The molecule has 0 saturated heterocycles. The van der Waals surface area contributed by atoms with Gasteiger partial charge in [0.05, 0.1) is 0 Å². The first kappa shape index (κ1) is 21.9. The number of ether oxygens (including phenoxy) is 2. The molecule has 0 unspecified atom stereocenters. The van der Waals surface area contributed by atoms with Crippen LogP contribution in [0.25, 0.3) is 10.8 Å². The van der Waals surface area contributed by atoms with Gasteiger partial charge in [-0.15, -0.1) is 0 Å². The Kier molecular flexibility index (Phi) is 8.49. The van der Waals surface area contributed by atoms with E-state index in [0.29, 0.717) is 24.3 Å². The minimum atomic E-state index is -0.223. The Morgan fingerprint density at radius 3 is 2.00 bits per heavy atom. The molecule has 2 aromatic carbocycles. The molecular weight excluding hydrogens is 352 g/mol. The van der Waals surface area contributed by atoms with Gasteiger partial charge >= 0.3 is 11.9 Å². The number of rotatable bonds is 10. The van der Waals surface area contributed by atoms with Crippen molar-refractivity contribution in [2.75, 3.05) is 0 Å². The Hall–Kier alpha value is -2.36. The Morgan fingerprint density at radius 2 is 1.39 bits per heavy atom. The molecular formula is C24H32O4. The highest BCUT2D eigenvalue weighted by molar-refractivity contribution is 5.97. The molecule has 0 heterocycles. The van der Waals surface area contributed by atoms with E-state index in [9.17, 15) is 9.59 Å². The van der Waals surface area contributed by atoms with E-state index in [0.717, 1.165) is 60.4 Å². The first-order chi connectivity index (χ1) is 13.5. The molecule has 0 saturated carbocycles. The van der Waals surface area contributed by atoms with E-state index in [1.165, 1.54) is 0 Å². The van der Waals surface area contributed by atoms with E-state index >= 15 is 0 Å². The van der Waals surface area contributed by atoms with Gasteiger partial charge in [-0.05, 0) is 44.4 Å². The number of hydrogen-bond acceptors (Lipinski definition) is 4. The Labute approximate surface area is 168 Å². The quantitative estimate of drug-likeness (QED) is 0.269. The van der Waals surface area contributed by atoms with E-state index in [-0.39, 0.29) is 11.9 Å². The molecule has 0 aliphatic rings. The normalized spacial score (nSPS) is 10.9. The highest BCUT2D eigenvalue weighted by Gasteiger charge is 2.17. The predicted octanol–water partition coefficient (Wildman–Crippen LogP) is 6.43. The maximum atomic E-state index is 12.3. The smallest absolute Gasteiger partial charge is 0.311 e. The molecule has 2 aromatic rings. The summed E-state index contributed by atoms with van der Waals surface area (Å²) in [5.41, 5.74) is 1.85. The minimum Gasteiger partial charge on any atom is -0.426 e. The highest BCUT2D eigenvalue weighted by atomic mass is 16.5. The summed E-state index contributed by atoms with van der Waals surface area (Å²) in [5, 5.41) is 1.59. The van der Waals surface area contributed by atoms with Crippen LogP contribution in [-0.4, -0.2) is 11.9 Å². The predicted molar refractivity (Wildman–Crippen MR) is 113 cm³/mol. The number of unbranched alkanes of at least 4 members (excludes halogenated alkanes) is 4. The van der Waals surface area contributed by atoms with Crippen molar-refractivity contribution in [3.63, 3.8) is 0 Å². The Balaban J connectivity index is 2.29. The summed E-state index contributed by atoms with van der Waals surface area (Å²) in [4.78, 5) is 24.5. The number of aryl methyl sites for hydroxylation is 2. The van der Waals surface area contributed by atoms with Gasteiger partial charge in [-0.3, -0.25) is 9.59 Å². The van der Waals surface area contributed by atoms with Gasteiger partial charge in [0.15, 0.2) is 0 Å². The second kappa shape index (κ2) is 10.8. The molecule has 0 aromatic heterocycles. The van der Waals surface area contributed by atoms with E-state index in [1.54, 1.807) is 6.07 Å². The average Bonchev–Trinajstić information content (AvgIpc) is 2.65. The molecule has 0 spiro atoms. The molecule has 0 N–H and O–H groups in total. The van der Waals surface area contributed by atoms with Crippen LogP contribution in [0.1, 0.15) is 76.3 Å². The summed E-state index contributed by atoms with van der Waals surface area (Å²) in [6.45, 7) is 8.08. The van der Waals surface area contributed by atoms with Gasteiger partial charge in [0.2, 0.25) is 0 Å². The standard InChI is InChI=1S/C24H32O4/c1-5-7-9-11-22(25)27-21-16-18(4)24(28-23(26)12-10-8-6-2)20-15-17(3)13-14-19(20)21/h13-16H,5-12H2,1-4H3. The van der Waals surface area contributed by atoms with Gasteiger partial charge in [-0.2, -0.15) is 0 Å². The average molecular weight is 385 g/mol. The van der Waals surface area contributed by atoms with Gasteiger partial charge in [-0.25, -0.2) is 0 Å². The van der Waals surface area contributed by atoms with E-state index < -0.39 is 0 Å². The largest absolute Gasteiger partial charge is 0.426 e. The maximum absolute atomic E-state index is 12.3. The van der Waals surface area contributed by atoms with Crippen molar-refractivity contribution in [1.82, 2.24) is 0 Å². The topological polar surface area (TPSA) is 52.6 Å². The van der Waals surface area contributed by atoms with Crippen molar-refractivity contribution in [3.8, 4) is 11.5 Å². The van der Waals surface area contributed by atoms with Crippen LogP contribution in [0.4, 0.5) is 0 Å². The molecule has 0 fully saturated rings. The number of carbonyl (C=O) groups excluding carboxylic acids is 2. The zero-order chi connectivity index (χ0) is 20.5. The summed E-state index contributed by atoms with van der Waals surface area (Å²) in [5.74, 6) is 0.647. The highest BCUT2D eigenvalue weighted by Crippen LogP contribution is 2.37. The fourth-order valence-electron chi connectivity index (χ4n) is 3.21. The molecule has 0 atom stereocenters. The minimum absolute atomic E-state index is 0.219. The van der Waals surface area contributed by atoms with E-state index in [4.69, 9.17) is 9.47 Å². The fourth-order valence-corrected chi connectivity index (χ4v) is 3.21. The fraction of sp³-hybridized carbons (Fsp3) is 0.500. The maximum Gasteiger partial charge on any atom is 0.311 e. The van der Waals surface area contributed by atoms with Crippen LogP contribution >= 0.6 is 0 Å². The molecule has 4 heteroatoms. The zero-order valence-electron chi connectivity index (χ0n) is 17.6. The summed E-state index contributed by atoms with van der Waals surface area (Å²) in [6, 6.07) is 7.67. The third kappa shape index (κ3) is 6.08. The molecule has 0 amide bonds. The zero-order valence-corrected chi connectivity index (χ0v) is 17.6. The van der Waals surface area contributed by atoms with Crippen LogP contribution in [-0.2, 0) is 9.59 Å². The van der Waals surface area contributed by atoms with Gasteiger partial charge in [0.25, 0.3) is 0 Å². The summed E-state index contributed by atoms with van der Waals surface area (Å²) in [7, 11) is 0. The van der Waals surface area contributed by atoms with Gasteiger partial charge in [0.1, 0.15) is 11.5 Å². The molecule has 152 valence electrons. The molecule has 0 radical (unpaired) electrons. The second-order valence-corrected chi connectivity index (χ2v) is 7.43. The van der Waals surface area contributed by atoms with Crippen molar-refractivity contribution < 1.29 is 19.1 Å². The number of fused-ring (bicyclic) bond motifs is 1. The Bertz CT molecular complexity index is 823. The molecule has 28 heavy (non-hydrogen) atoms. The second-order valence-electron chi connectivity index (χ2n) is 7.43. The number of hydrogen-bond donors (Lipinski definition) is 0. The third-order valence-electron chi connectivity index (χ3n) is 4.80. The lowest BCUT2D eigenvalue weighted by molar-refractivity contribution is -0.135. The monoisotopic (exact) mass is 384 g/mol. The third-order valence-corrected chi connectivity index (χ3v) is 4.80. The van der Waals surface area contributed by atoms with Gasteiger partial charge in [-0.1, -0.05) is 57.2 Å². The van der Waals surface area contributed by atoms with Crippen molar-refractivity contribution in [3.05, 3.63) is 35.4 Å². The number of esters is 2. The summed E-state index contributed by atoms with van der Waals surface area (Å²) >= 11 is 0. The van der Waals surface area contributed by atoms with Crippen LogP contribution in [0.2, 0.25) is 0 Å². The first-order valence-corrected chi connectivity index (χ1v) is 10.4. The molecule has 0 aliphatic heterocycles. The number of benzene rings is 2. The number of carbonyl (C=O) groups is 2. The van der Waals surface area contributed by atoms with Crippen LogP contribution in [0, 0.1) is 13.8 Å². The summed E-state index contributed by atoms with van der Waals surface area (Å²) < 4.78 is 11.4. The first-order valence-electron chi connectivity index (χ1n) is 10.4. The lowest BCUT2D eigenvalue weighted by Crippen LogP contribution is -2.11. The van der Waals surface area contributed by atoms with Crippen LogP contribution < -0.4 is 9.47 Å². The van der Waals surface area contributed by atoms with Gasteiger partial charge < -0.3 is 9.47 Å². The lowest BCUT2D eigenvalue weighted by Gasteiger charge is -2.15. The van der Waals surface area contributed by atoms with E-state index in [1.807, 2.05) is 32.0 Å². The SMILES string of the molecule is CCCCCC(=O)Oc1cc(C)c(OC(=O)CCCCC)c2cc(C)ccc12. The van der Waals surface area contributed by atoms with Crippen molar-refractivity contribution in [1.29, 1.82) is 0 Å². The van der Waals surface area contributed by atoms with Crippen molar-refractivity contribution in [2.24, 2.45) is 0 Å². The van der Waals surface area contributed by atoms with Crippen molar-refractivity contribution >= 4 is 22.7 Å². The van der Waals surface area contributed by atoms with Gasteiger partial charge in [0, 0.05) is 23.6 Å².